The van der Waals surface area contributed by atoms with Crippen molar-refractivity contribution in [3.8, 4) is 11.5 Å². The minimum Gasteiger partial charge on any atom is -0.493 e. The number of para-hydroxylation sites is 1. The molecule has 0 aliphatic rings. The number of rotatable bonds is 8. The molecule has 7 nitrogen and oxygen atoms in total. The molecule has 0 saturated carbocycles. The quantitative estimate of drug-likeness (QED) is 0.688. The maximum Gasteiger partial charge on any atom is 0.242 e. The fraction of sp³-hybridized carbons (Fsp3) is 0.316. The second kappa shape index (κ2) is 8.88. The number of carbonyl (C=O) groups is 1. The first-order valence-corrected chi connectivity index (χ1v) is 10.1. The summed E-state index contributed by atoms with van der Waals surface area (Å²) >= 11 is 0. The first-order chi connectivity index (χ1) is 12.8. The molecule has 0 fully saturated rings. The van der Waals surface area contributed by atoms with Crippen molar-refractivity contribution in [2.75, 3.05) is 39.0 Å². The van der Waals surface area contributed by atoms with Crippen LogP contribution in [0.4, 0.5) is 5.69 Å². The largest absolute Gasteiger partial charge is 0.493 e. The molecule has 1 amide bonds. The van der Waals surface area contributed by atoms with Crippen LogP contribution < -0.4 is 14.4 Å². The van der Waals surface area contributed by atoms with Gasteiger partial charge in [-0.25, -0.2) is 8.42 Å². The van der Waals surface area contributed by atoms with Crippen molar-refractivity contribution in [1.82, 2.24) is 4.31 Å². The zero-order valence-corrected chi connectivity index (χ0v) is 16.7. The highest BCUT2D eigenvalue weighted by Crippen LogP contribution is 2.28. The van der Waals surface area contributed by atoms with Crippen molar-refractivity contribution in [3.63, 3.8) is 0 Å². The van der Waals surface area contributed by atoms with E-state index in [0.717, 1.165) is 10.6 Å². The second-order valence-electron chi connectivity index (χ2n) is 6.01. The van der Waals surface area contributed by atoms with E-state index < -0.39 is 10.0 Å². The Labute approximate surface area is 160 Å². The molecule has 2 aromatic carbocycles. The number of methoxy groups -OCH3 is 2. The SMILES string of the molecule is COc1ccc(CN(CC(=O)N(C)c2ccccc2)S(C)(=O)=O)cc1OC. The minimum absolute atomic E-state index is 0.0492. The summed E-state index contributed by atoms with van der Waals surface area (Å²) in [4.78, 5) is 14.0. The molecule has 27 heavy (non-hydrogen) atoms. The van der Waals surface area contributed by atoms with Gasteiger partial charge in [0.15, 0.2) is 11.5 Å². The van der Waals surface area contributed by atoms with Crippen LogP contribution in [0.25, 0.3) is 0 Å². The van der Waals surface area contributed by atoms with Gasteiger partial charge in [-0.05, 0) is 29.8 Å². The number of benzene rings is 2. The van der Waals surface area contributed by atoms with Gasteiger partial charge < -0.3 is 14.4 Å². The van der Waals surface area contributed by atoms with Crippen LogP contribution in [0.5, 0.6) is 11.5 Å². The first kappa shape index (κ1) is 20.7. The Morgan fingerprint density at radius 2 is 1.63 bits per heavy atom. The molecule has 0 N–H and O–H groups in total. The third-order valence-electron chi connectivity index (χ3n) is 4.11. The number of anilines is 1. The van der Waals surface area contributed by atoms with E-state index in [2.05, 4.69) is 0 Å². The Morgan fingerprint density at radius 1 is 1.00 bits per heavy atom. The highest BCUT2D eigenvalue weighted by molar-refractivity contribution is 7.88. The van der Waals surface area contributed by atoms with Crippen molar-refractivity contribution in [2.45, 2.75) is 6.54 Å². The van der Waals surface area contributed by atoms with Crippen LogP contribution in [0.1, 0.15) is 5.56 Å². The Hall–Kier alpha value is -2.58. The van der Waals surface area contributed by atoms with Crippen LogP contribution >= 0.6 is 0 Å². The van der Waals surface area contributed by atoms with Gasteiger partial charge in [0.1, 0.15) is 0 Å². The van der Waals surface area contributed by atoms with Crippen molar-refractivity contribution in [2.24, 2.45) is 0 Å². The highest BCUT2D eigenvalue weighted by Gasteiger charge is 2.23. The molecular formula is C19H24N2O5S. The number of hydrogen-bond acceptors (Lipinski definition) is 5. The predicted octanol–water partition coefficient (Wildman–Crippen LogP) is 2.13. The summed E-state index contributed by atoms with van der Waals surface area (Å²) in [7, 11) is 1.06. The van der Waals surface area contributed by atoms with E-state index in [1.54, 1.807) is 37.4 Å². The number of ether oxygens (including phenoxy) is 2. The lowest BCUT2D eigenvalue weighted by molar-refractivity contribution is -0.118. The van der Waals surface area contributed by atoms with Crippen LogP contribution in [0.15, 0.2) is 48.5 Å². The summed E-state index contributed by atoms with van der Waals surface area (Å²) in [6.07, 6.45) is 1.09. The van der Waals surface area contributed by atoms with Gasteiger partial charge in [0.25, 0.3) is 0 Å². The lowest BCUT2D eigenvalue weighted by atomic mass is 10.2. The number of hydrogen-bond donors (Lipinski definition) is 0. The standard InChI is InChI=1S/C19H24N2O5S/c1-20(16-8-6-5-7-9-16)19(22)14-21(27(4,23)24)13-15-10-11-17(25-2)18(12-15)26-3/h5-12H,13-14H2,1-4H3. The summed E-state index contributed by atoms with van der Waals surface area (Å²) in [5.74, 6) is 0.718. The Morgan fingerprint density at radius 3 is 2.19 bits per heavy atom. The molecule has 2 rings (SSSR count). The number of likely N-dealkylation sites (N-methyl/N-ethyl adjacent to an activating group) is 1. The average molecular weight is 392 g/mol. The summed E-state index contributed by atoms with van der Waals surface area (Å²) in [5, 5.41) is 0. The molecule has 0 spiro atoms. The number of amides is 1. The molecular weight excluding hydrogens is 368 g/mol. The van der Waals surface area contributed by atoms with Crippen LogP contribution in [0.3, 0.4) is 0 Å². The van der Waals surface area contributed by atoms with Gasteiger partial charge in [0, 0.05) is 19.3 Å². The molecule has 0 unspecified atom stereocenters. The average Bonchev–Trinajstić information content (AvgIpc) is 2.66. The van der Waals surface area contributed by atoms with E-state index in [1.807, 2.05) is 18.2 Å². The molecule has 0 heterocycles. The minimum atomic E-state index is -3.60. The molecule has 2 aromatic rings. The van der Waals surface area contributed by atoms with Gasteiger partial charge in [-0.2, -0.15) is 4.31 Å². The molecule has 0 aromatic heterocycles. The van der Waals surface area contributed by atoms with Crippen LogP contribution in [-0.4, -0.2) is 52.7 Å². The lowest BCUT2D eigenvalue weighted by Gasteiger charge is -2.24. The van der Waals surface area contributed by atoms with E-state index in [1.165, 1.54) is 19.1 Å². The monoisotopic (exact) mass is 392 g/mol. The molecule has 0 aliphatic heterocycles. The smallest absolute Gasteiger partial charge is 0.242 e. The lowest BCUT2D eigenvalue weighted by Crippen LogP contribution is -2.40. The molecule has 0 aliphatic carbocycles. The Kier molecular flexibility index (Phi) is 6.81. The van der Waals surface area contributed by atoms with Gasteiger partial charge in [-0.3, -0.25) is 4.79 Å². The molecule has 0 bridgehead atoms. The summed E-state index contributed by atoms with van der Waals surface area (Å²) in [6, 6.07) is 14.2. The van der Waals surface area contributed by atoms with Crippen molar-refractivity contribution < 1.29 is 22.7 Å². The summed E-state index contributed by atoms with van der Waals surface area (Å²) < 4.78 is 36.0. The molecule has 0 atom stereocenters. The number of sulfonamides is 1. The Balaban J connectivity index is 2.20. The van der Waals surface area contributed by atoms with Gasteiger partial charge >= 0.3 is 0 Å². The van der Waals surface area contributed by atoms with Crippen molar-refractivity contribution in [1.29, 1.82) is 0 Å². The highest BCUT2D eigenvalue weighted by atomic mass is 32.2. The van der Waals surface area contributed by atoms with E-state index >= 15 is 0 Å². The molecule has 0 radical (unpaired) electrons. The summed E-state index contributed by atoms with van der Waals surface area (Å²) in [5.41, 5.74) is 1.38. The zero-order valence-electron chi connectivity index (χ0n) is 15.9. The maximum absolute atomic E-state index is 12.6. The number of carbonyl (C=O) groups excluding carboxylic acids is 1. The molecule has 8 heteroatoms. The van der Waals surface area contributed by atoms with Gasteiger partial charge in [0.2, 0.25) is 15.9 Å². The van der Waals surface area contributed by atoms with E-state index in [9.17, 15) is 13.2 Å². The van der Waals surface area contributed by atoms with E-state index in [4.69, 9.17) is 9.47 Å². The fourth-order valence-electron chi connectivity index (χ4n) is 2.53. The van der Waals surface area contributed by atoms with Gasteiger partial charge in [-0.1, -0.05) is 24.3 Å². The topological polar surface area (TPSA) is 76.2 Å². The normalized spacial score (nSPS) is 11.3. The van der Waals surface area contributed by atoms with Crippen LogP contribution in [-0.2, 0) is 21.4 Å². The maximum atomic E-state index is 12.6. The third kappa shape index (κ3) is 5.45. The second-order valence-corrected chi connectivity index (χ2v) is 7.99. The van der Waals surface area contributed by atoms with Crippen molar-refractivity contribution >= 4 is 21.6 Å². The third-order valence-corrected chi connectivity index (χ3v) is 5.30. The summed E-state index contributed by atoms with van der Waals surface area (Å²) in [6.45, 7) is -0.216. The van der Waals surface area contributed by atoms with Crippen molar-refractivity contribution in [3.05, 3.63) is 54.1 Å². The molecule has 0 saturated heterocycles. The van der Waals surface area contributed by atoms with Gasteiger partial charge in [-0.15, -0.1) is 0 Å². The fourth-order valence-corrected chi connectivity index (χ4v) is 3.25. The van der Waals surface area contributed by atoms with Crippen LogP contribution in [0.2, 0.25) is 0 Å². The zero-order chi connectivity index (χ0) is 20.0. The van der Waals surface area contributed by atoms with Crippen LogP contribution in [0, 0.1) is 0 Å². The molecule has 146 valence electrons. The van der Waals surface area contributed by atoms with E-state index in [-0.39, 0.29) is 19.0 Å². The number of nitrogens with zero attached hydrogens (tertiary/aromatic N) is 2. The Bertz CT molecular complexity index is 884. The predicted molar refractivity (Wildman–Crippen MR) is 105 cm³/mol. The first-order valence-electron chi connectivity index (χ1n) is 8.24. The van der Waals surface area contributed by atoms with Gasteiger partial charge in [0.05, 0.1) is 27.0 Å². The van der Waals surface area contributed by atoms with E-state index in [0.29, 0.717) is 22.7 Å².